The molecule has 0 aromatic rings. The fourth-order valence-electron chi connectivity index (χ4n) is 3.11. The van der Waals surface area contributed by atoms with Crippen LogP contribution in [0.1, 0.15) is 44.9 Å². The van der Waals surface area contributed by atoms with Gasteiger partial charge in [-0.05, 0) is 37.6 Å². The van der Waals surface area contributed by atoms with Crippen LogP contribution < -0.4 is 0 Å². The van der Waals surface area contributed by atoms with Gasteiger partial charge < -0.3 is 10.0 Å². The van der Waals surface area contributed by atoms with Gasteiger partial charge in [0, 0.05) is 19.5 Å². The van der Waals surface area contributed by atoms with Gasteiger partial charge in [-0.15, -0.1) is 0 Å². The molecule has 0 radical (unpaired) electrons. The number of hydrogen-bond acceptors (Lipinski definition) is 2. The van der Waals surface area contributed by atoms with Crippen LogP contribution in [0.25, 0.3) is 0 Å². The summed E-state index contributed by atoms with van der Waals surface area (Å²) in [4.78, 5) is 12.8. The highest BCUT2D eigenvalue weighted by atomic mass is 16.4. The number of rotatable bonds is 5. The highest BCUT2D eigenvalue weighted by Crippen LogP contribution is 2.45. The standard InChI is InChI=1S/C12H21NO2/c14-11(15)5-1-4-8-13-9-12(10-13)6-2-3-7-12/h1-10H2,(H,14,15). The van der Waals surface area contributed by atoms with Crippen molar-refractivity contribution in [2.24, 2.45) is 5.41 Å². The van der Waals surface area contributed by atoms with Crippen LogP contribution >= 0.6 is 0 Å². The molecule has 1 aliphatic heterocycles. The van der Waals surface area contributed by atoms with E-state index < -0.39 is 5.97 Å². The van der Waals surface area contributed by atoms with Crippen LogP contribution in [0.5, 0.6) is 0 Å². The van der Waals surface area contributed by atoms with E-state index >= 15 is 0 Å². The Bertz CT molecular complexity index is 226. The van der Waals surface area contributed by atoms with Gasteiger partial charge in [-0.25, -0.2) is 0 Å². The average molecular weight is 211 g/mol. The number of hydrogen-bond donors (Lipinski definition) is 1. The molecule has 0 amide bonds. The smallest absolute Gasteiger partial charge is 0.303 e. The van der Waals surface area contributed by atoms with Gasteiger partial charge in [-0.2, -0.15) is 0 Å². The third kappa shape index (κ3) is 2.71. The number of likely N-dealkylation sites (tertiary alicyclic amines) is 1. The van der Waals surface area contributed by atoms with Crippen molar-refractivity contribution in [3.05, 3.63) is 0 Å². The van der Waals surface area contributed by atoms with E-state index in [-0.39, 0.29) is 0 Å². The molecule has 1 saturated heterocycles. The van der Waals surface area contributed by atoms with E-state index in [9.17, 15) is 4.79 Å². The second-order valence-electron chi connectivity index (χ2n) is 5.27. The highest BCUT2D eigenvalue weighted by Gasteiger charge is 2.43. The van der Waals surface area contributed by atoms with Crippen molar-refractivity contribution < 1.29 is 9.90 Å². The SMILES string of the molecule is O=C(O)CCCCN1CC2(CCCC2)C1. The van der Waals surface area contributed by atoms with E-state index in [1.165, 1.54) is 38.8 Å². The Kier molecular flexibility index (Phi) is 3.29. The molecule has 3 heteroatoms. The zero-order valence-electron chi connectivity index (χ0n) is 9.37. The molecule has 2 fully saturated rings. The topological polar surface area (TPSA) is 40.5 Å². The first-order chi connectivity index (χ1) is 7.20. The van der Waals surface area contributed by atoms with Crippen LogP contribution in [0.3, 0.4) is 0 Å². The number of nitrogens with zero attached hydrogens (tertiary/aromatic N) is 1. The van der Waals surface area contributed by atoms with E-state index in [2.05, 4.69) is 4.90 Å². The molecule has 86 valence electrons. The Balaban J connectivity index is 1.54. The van der Waals surface area contributed by atoms with Gasteiger partial charge in [0.1, 0.15) is 0 Å². The molecule has 0 atom stereocenters. The van der Waals surface area contributed by atoms with Crippen LogP contribution in [0.4, 0.5) is 0 Å². The molecule has 2 rings (SSSR count). The summed E-state index contributed by atoms with van der Waals surface area (Å²) in [6.45, 7) is 3.66. The van der Waals surface area contributed by atoms with E-state index in [4.69, 9.17) is 5.11 Å². The molecule has 1 saturated carbocycles. The molecule has 0 bridgehead atoms. The molecule has 2 aliphatic rings. The maximum Gasteiger partial charge on any atom is 0.303 e. The van der Waals surface area contributed by atoms with Crippen molar-refractivity contribution in [1.29, 1.82) is 0 Å². The predicted octanol–water partition coefficient (Wildman–Crippen LogP) is 2.12. The number of carbonyl (C=O) groups is 1. The number of carboxylic acids is 1. The van der Waals surface area contributed by atoms with Crippen molar-refractivity contribution in [3.8, 4) is 0 Å². The van der Waals surface area contributed by atoms with Gasteiger partial charge in [-0.3, -0.25) is 4.79 Å². The minimum atomic E-state index is -0.661. The zero-order valence-corrected chi connectivity index (χ0v) is 9.37. The Morgan fingerprint density at radius 2 is 1.87 bits per heavy atom. The normalized spacial score (nSPS) is 24.3. The molecular formula is C12H21NO2. The van der Waals surface area contributed by atoms with Gasteiger partial charge in [0.25, 0.3) is 0 Å². The maximum atomic E-state index is 10.3. The molecule has 1 N–H and O–H groups in total. The summed E-state index contributed by atoms with van der Waals surface area (Å²) < 4.78 is 0. The molecule has 0 unspecified atom stereocenters. The number of aliphatic carboxylic acids is 1. The molecule has 1 spiro atoms. The molecule has 0 aromatic heterocycles. The Hall–Kier alpha value is -0.570. The number of unbranched alkanes of at least 4 members (excludes halogenated alkanes) is 1. The quantitative estimate of drug-likeness (QED) is 0.708. The Morgan fingerprint density at radius 1 is 1.20 bits per heavy atom. The number of carboxylic acid groups (broad SMARTS) is 1. The van der Waals surface area contributed by atoms with Crippen molar-refractivity contribution >= 4 is 5.97 Å². The van der Waals surface area contributed by atoms with Crippen molar-refractivity contribution in [1.82, 2.24) is 4.90 Å². The van der Waals surface area contributed by atoms with E-state index in [0.29, 0.717) is 11.8 Å². The Labute approximate surface area is 91.5 Å². The van der Waals surface area contributed by atoms with Gasteiger partial charge in [0.2, 0.25) is 0 Å². The Morgan fingerprint density at radius 3 is 2.47 bits per heavy atom. The summed E-state index contributed by atoms with van der Waals surface area (Å²) in [6.07, 6.45) is 7.91. The summed E-state index contributed by atoms with van der Waals surface area (Å²) in [5.74, 6) is -0.661. The van der Waals surface area contributed by atoms with Gasteiger partial charge in [0.05, 0.1) is 0 Å². The third-order valence-corrected chi connectivity index (χ3v) is 3.90. The van der Waals surface area contributed by atoms with Crippen LogP contribution in [-0.4, -0.2) is 35.6 Å². The average Bonchev–Trinajstić information content (AvgIpc) is 2.59. The van der Waals surface area contributed by atoms with Gasteiger partial charge in [-0.1, -0.05) is 12.8 Å². The van der Waals surface area contributed by atoms with Crippen LogP contribution in [-0.2, 0) is 4.79 Å². The van der Waals surface area contributed by atoms with Gasteiger partial charge in [0.15, 0.2) is 0 Å². The minimum Gasteiger partial charge on any atom is -0.481 e. The second kappa shape index (κ2) is 4.52. The lowest BCUT2D eigenvalue weighted by Gasteiger charge is -2.48. The largest absolute Gasteiger partial charge is 0.481 e. The molecular weight excluding hydrogens is 190 g/mol. The minimum absolute atomic E-state index is 0.332. The summed E-state index contributed by atoms with van der Waals surface area (Å²) in [6, 6.07) is 0. The van der Waals surface area contributed by atoms with Crippen molar-refractivity contribution in [3.63, 3.8) is 0 Å². The van der Waals surface area contributed by atoms with Crippen LogP contribution in [0.15, 0.2) is 0 Å². The first kappa shape index (κ1) is 10.9. The van der Waals surface area contributed by atoms with E-state index in [1.807, 2.05) is 0 Å². The fourth-order valence-corrected chi connectivity index (χ4v) is 3.11. The lowest BCUT2D eigenvalue weighted by molar-refractivity contribution is -0.137. The summed E-state index contributed by atoms with van der Waals surface area (Å²) in [7, 11) is 0. The second-order valence-corrected chi connectivity index (χ2v) is 5.27. The molecule has 15 heavy (non-hydrogen) atoms. The first-order valence-corrected chi connectivity index (χ1v) is 6.14. The third-order valence-electron chi connectivity index (χ3n) is 3.90. The van der Waals surface area contributed by atoms with Gasteiger partial charge >= 0.3 is 5.97 Å². The lowest BCUT2D eigenvalue weighted by atomic mass is 9.78. The molecule has 1 heterocycles. The molecule has 1 aliphatic carbocycles. The van der Waals surface area contributed by atoms with Crippen molar-refractivity contribution in [2.75, 3.05) is 19.6 Å². The molecule has 0 aromatic carbocycles. The van der Waals surface area contributed by atoms with Crippen molar-refractivity contribution in [2.45, 2.75) is 44.9 Å². The summed E-state index contributed by atoms with van der Waals surface area (Å²) in [5.41, 5.74) is 0.687. The van der Waals surface area contributed by atoms with E-state index in [1.54, 1.807) is 0 Å². The molecule has 3 nitrogen and oxygen atoms in total. The fraction of sp³-hybridized carbons (Fsp3) is 0.917. The van der Waals surface area contributed by atoms with Crippen LogP contribution in [0.2, 0.25) is 0 Å². The predicted molar refractivity (Wildman–Crippen MR) is 58.8 cm³/mol. The first-order valence-electron chi connectivity index (χ1n) is 6.14. The van der Waals surface area contributed by atoms with Crippen LogP contribution in [0, 0.1) is 5.41 Å². The monoisotopic (exact) mass is 211 g/mol. The summed E-state index contributed by atoms with van der Waals surface area (Å²) in [5, 5.41) is 8.50. The summed E-state index contributed by atoms with van der Waals surface area (Å²) >= 11 is 0. The van der Waals surface area contributed by atoms with E-state index in [0.717, 1.165) is 19.4 Å². The zero-order chi connectivity index (χ0) is 10.7. The maximum absolute atomic E-state index is 10.3. The highest BCUT2D eigenvalue weighted by molar-refractivity contribution is 5.66. The lowest BCUT2D eigenvalue weighted by Crippen LogP contribution is -2.54.